The average molecular weight is 407 g/mol. The van der Waals surface area contributed by atoms with E-state index in [0.29, 0.717) is 37.4 Å². The molecule has 27 heavy (non-hydrogen) atoms. The fourth-order valence-electron chi connectivity index (χ4n) is 3.92. The number of nitrogens with zero attached hydrogens (tertiary/aromatic N) is 2. The Morgan fingerprint density at radius 3 is 2.37 bits per heavy atom. The zero-order chi connectivity index (χ0) is 18.6. The smallest absolute Gasteiger partial charge is 0.253 e. The highest BCUT2D eigenvalue weighted by atomic mass is 32.2. The maximum atomic E-state index is 12.9. The highest BCUT2D eigenvalue weighted by molar-refractivity contribution is 8.19. The predicted octanol–water partition coefficient (Wildman–Crippen LogP) is 2.88. The highest BCUT2D eigenvalue weighted by Crippen LogP contribution is 2.45. The average Bonchev–Trinajstić information content (AvgIpc) is 3.28. The Morgan fingerprint density at radius 2 is 1.67 bits per heavy atom. The van der Waals surface area contributed by atoms with Crippen LogP contribution in [0, 0.1) is 5.92 Å². The van der Waals surface area contributed by atoms with Crippen LogP contribution in [0.3, 0.4) is 0 Å². The summed E-state index contributed by atoms with van der Waals surface area (Å²) in [5, 5.41) is 0. The molecule has 0 unspecified atom stereocenters. The van der Waals surface area contributed by atoms with Crippen LogP contribution >= 0.6 is 23.5 Å². The Kier molecular flexibility index (Phi) is 6.30. The number of hydrogen-bond acceptors (Lipinski definition) is 5. The van der Waals surface area contributed by atoms with Gasteiger partial charge in [0.15, 0.2) is 0 Å². The van der Waals surface area contributed by atoms with Crippen molar-refractivity contribution in [2.45, 2.75) is 17.4 Å². The first-order chi connectivity index (χ1) is 13.2. The molecule has 0 aliphatic carbocycles. The molecule has 3 aliphatic rings. The molecule has 2 amide bonds. The maximum Gasteiger partial charge on any atom is 0.253 e. The van der Waals surface area contributed by atoms with Gasteiger partial charge in [-0.15, -0.1) is 23.5 Å². The molecule has 1 aromatic carbocycles. The lowest BCUT2D eigenvalue weighted by Gasteiger charge is -2.36. The third kappa shape index (κ3) is 4.46. The second-order valence-electron chi connectivity index (χ2n) is 7.22. The summed E-state index contributed by atoms with van der Waals surface area (Å²) in [7, 11) is 0. The molecule has 3 fully saturated rings. The number of carbonyl (C=O) groups is 2. The minimum absolute atomic E-state index is 0.0488. The van der Waals surface area contributed by atoms with Crippen molar-refractivity contribution in [1.29, 1.82) is 0 Å². The maximum absolute atomic E-state index is 12.9. The highest BCUT2D eigenvalue weighted by Gasteiger charge is 2.32. The van der Waals surface area contributed by atoms with Crippen molar-refractivity contribution in [2.75, 3.05) is 50.9 Å². The van der Waals surface area contributed by atoms with Crippen molar-refractivity contribution in [3.05, 3.63) is 35.4 Å². The predicted molar refractivity (Wildman–Crippen MR) is 110 cm³/mol. The summed E-state index contributed by atoms with van der Waals surface area (Å²) < 4.78 is 5.84. The van der Waals surface area contributed by atoms with Crippen LogP contribution in [0.25, 0.3) is 0 Å². The number of carbonyl (C=O) groups excluding carboxylic acids is 2. The summed E-state index contributed by atoms with van der Waals surface area (Å²) in [6.45, 7) is 3.84. The molecule has 0 aromatic heterocycles. The summed E-state index contributed by atoms with van der Waals surface area (Å²) in [5.74, 6) is 2.55. The molecule has 1 atom stereocenters. The van der Waals surface area contributed by atoms with Gasteiger partial charge in [-0.05, 0) is 30.5 Å². The Morgan fingerprint density at radius 1 is 0.963 bits per heavy atom. The second-order valence-corrected chi connectivity index (χ2v) is 9.95. The van der Waals surface area contributed by atoms with Crippen molar-refractivity contribution in [2.24, 2.45) is 5.92 Å². The Labute approximate surface area is 169 Å². The van der Waals surface area contributed by atoms with Crippen LogP contribution in [0.15, 0.2) is 24.3 Å². The zero-order valence-electron chi connectivity index (χ0n) is 15.5. The van der Waals surface area contributed by atoms with E-state index in [2.05, 4.69) is 12.1 Å². The van der Waals surface area contributed by atoms with E-state index < -0.39 is 0 Å². The zero-order valence-corrected chi connectivity index (χ0v) is 17.1. The molecule has 0 N–H and O–H groups in total. The molecule has 3 heterocycles. The third-order valence-corrected chi connectivity index (χ3v) is 8.54. The van der Waals surface area contributed by atoms with Gasteiger partial charge in [0.1, 0.15) is 0 Å². The number of morpholine rings is 1. The van der Waals surface area contributed by atoms with Gasteiger partial charge in [0.05, 0.1) is 23.7 Å². The van der Waals surface area contributed by atoms with Crippen molar-refractivity contribution in [3.8, 4) is 0 Å². The first-order valence-electron chi connectivity index (χ1n) is 9.71. The monoisotopic (exact) mass is 406 g/mol. The molecule has 3 aliphatic heterocycles. The summed E-state index contributed by atoms with van der Waals surface area (Å²) >= 11 is 3.94. The van der Waals surface area contributed by atoms with Crippen LogP contribution in [0.4, 0.5) is 0 Å². The van der Waals surface area contributed by atoms with Crippen molar-refractivity contribution < 1.29 is 14.3 Å². The lowest BCUT2D eigenvalue weighted by Crippen LogP contribution is -2.49. The number of thioether (sulfide) groups is 2. The van der Waals surface area contributed by atoms with Crippen LogP contribution in [0.1, 0.15) is 33.3 Å². The molecule has 146 valence electrons. The fourth-order valence-corrected chi connectivity index (χ4v) is 6.78. The van der Waals surface area contributed by atoms with E-state index in [1.165, 1.54) is 17.1 Å². The molecule has 0 radical (unpaired) electrons. The molecule has 0 bridgehead atoms. The minimum atomic E-state index is -0.0774. The third-order valence-electron chi connectivity index (χ3n) is 5.43. The number of amides is 2. The summed E-state index contributed by atoms with van der Waals surface area (Å²) in [4.78, 5) is 29.5. The number of likely N-dealkylation sites (tertiary alicyclic amines) is 1. The molecule has 0 spiro atoms. The van der Waals surface area contributed by atoms with E-state index in [0.717, 1.165) is 24.9 Å². The van der Waals surface area contributed by atoms with Crippen molar-refractivity contribution in [1.82, 2.24) is 9.80 Å². The fraction of sp³-hybridized carbons (Fsp3) is 0.600. The summed E-state index contributed by atoms with van der Waals surface area (Å²) in [6.07, 6.45) is 1.76. The number of hydrogen-bond donors (Lipinski definition) is 0. The first kappa shape index (κ1) is 19.2. The number of rotatable bonds is 3. The van der Waals surface area contributed by atoms with Crippen LogP contribution in [-0.2, 0) is 9.53 Å². The molecular weight excluding hydrogens is 380 g/mol. The van der Waals surface area contributed by atoms with Gasteiger partial charge in [0.25, 0.3) is 5.91 Å². The molecule has 0 saturated carbocycles. The van der Waals surface area contributed by atoms with Crippen molar-refractivity contribution >= 4 is 35.3 Å². The lowest BCUT2D eigenvalue weighted by atomic mass is 9.95. The van der Waals surface area contributed by atoms with Crippen LogP contribution in [0.2, 0.25) is 0 Å². The summed E-state index contributed by atoms with van der Waals surface area (Å²) in [5.41, 5.74) is 2.02. The first-order valence-corrected chi connectivity index (χ1v) is 11.8. The molecule has 7 heteroatoms. The van der Waals surface area contributed by atoms with Crippen molar-refractivity contribution in [3.63, 3.8) is 0 Å². The molecular formula is C20H26N2O3S2. The van der Waals surface area contributed by atoms with Crippen LogP contribution in [0.5, 0.6) is 0 Å². The Bertz CT molecular complexity index is 670. The standard InChI is InChI=1S/C20H26N2O3S2/c23-18(15-3-5-16(6-4-15)20-26-12-13-27-20)22-7-1-2-17(14-22)19(24)21-8-10-25-11-9-21/h3-6,17,20H,1-2,7-14H2/t17-/m1/s1. The second kappa shape index (κ2) is 8.88. The van der Waals surface area contributed by atoms with E-state index in [4.69, 9.17) is 4.74 Å². The van der Waals surface area contributed by atoms with Gasteiger partial charge in [0.2, 0.25) is 5.91 Å². The normalized spacial score (nSPS) is 24.2. The van der Waals surface area contributed by atoms with Crippen LogP contribution in [-0.4, -0.2) is 72.5 Å². The van der Waals surface area contributed by atoms with Gasteiger partial charge < -0.3 is 14.5 Å². The van der Waals surface area contributed by atoms with E-state index in [1.54, 1.807) is 0 Å². The number of piperidine rings is 1. The molecule has 3 saturated heterocycles. The van der Waals surface area contributed by atoms with E-state index in [9.17, 15) is 9.59 Å². The van der Waals surface area contributed by atoms with Gasteiger partial charge in [-0.3, -0.25) is 9.59 Å². The number of benzene rings is 1. The SMILES string of the molecule is O=C(c1ccc(C2SCCS2)cc1)N1CCC[C@@H](C(=O)N2CCOCC2)C1. The van der Waals surface area contributed by atoms with Gasteiger partial charge >= 0.3 is 0 Å². The van der Waals surface area contributed by atoms with E-state index in [1.807, 2.05) is 45.5 Å². The van der Waals surface area contributed by atoms with Gasteiger partial charge in [0, 0.05) is 43.2 Å². The summed E-state index contributed by atoms with van der Waals surface area (Å²) in [6, 6.07) is 8.07. The Balaban J connectivity index is 1.38. The molecule has 5 nitrogen and oxygen atoms in total. The molecule has 4 rings (SSSR count). The number of ether oxygens (including phenoxy) is 1. The minimum Gasteiger partial charge on any atom is -0.378 e. The van der Waals surface area contributed by atoms with Gasteiger partial charge in [-0.1, -0.05) is 12.1 Å². The van der Waals surface area contributed by atoms with Gasteiger partial charge in [-0.2, -0.15) is 0 Å². The Hall–Kier alpha value is -1.18. The van der Waals surface area contributed by atoms with Crippen LogP contribution < -0.4 is 0 Å². The quantitative estimate of drug-likeness (QED) is 0.773. The van der Waals surface area contributed by atoms with Gasteiger partial charge in [-0.25, -0.2) is 0 Å². The topological polar surface area (TPSA) is 49.9 Å². The largest absolute Gasteiger partial charge is 0.378 e. The lowest BCUT2D eigenvalue weighted by molar-refractivity contribution is -0.141. The van der Waals surface area contributed by atoms with E-state index in [-0.39, 0.29) is 17.7 Å². The van der Waals surface area contributed by atoms with E-state index >= 15 is 0 Å². The molecule has 1 aromatic rings.